The van der Waals surface area contributed by atoms with Gasteiger partial charge in [0.05, 0.1) is 0 Å². The lowest BCUT2D eigenvalue weighted by molar-refractivity contribution is 1.14. The minimum Gasteiger partial charge on any atom is -0.261 e. The molecule has 1 heteroatoms. The zero-order chi connectivity index (χ0) is 10.4. The summed E-state index contributed by atoms with van der Waals surface area (Å²) < 4.78 is 0. The van der Waals surface area contributed by atoms with Crippen molar-refractivity contribution in [3.05, 3.63) is 52.8 Å². The zero-order valence-corrected chi connectivity index (χ0v) is 9.04. The van der Waals surface area contributed by atoms with Crippen LogP contribution in [0.4, 0.5) is 0 Å². The molecule has 1 heterocycles. The van der Waals surface area contributed by atoms with Gasteiger partial charge in [-0.25, -0.2) is 0 Å². The van der Waals surface area contributed by atoms with Gasteiger partial charge in [0.2, 0.25) is 0 Å². The topological polar surface area (TPSA) is 12.9 Å². The number of fused-ring (bicyclic) bond motifs is 3. The zero-order valence-electron chi connectivity index (χ0n) is 9.04. The minimum absolute atomic E-state index is 1.04. The second-order valence-corrected chi connectivity index (χ2v) is 4.32. The average Bonchev–Trinajstić information content (AvgIpc) is 2.54. The number of hydrogen-bond donors (Lipinski definition) is 0. The van der Waals surface area contributed by atoms with Gasteiger partial charge in [0, 0.05) is 18.3 Å². The summed E-state index contributed by atoms with van der Waals surface area (Å²) in [6, 6.07) is 8.89. The summed E-state index contributed by atoms with van der Waals surface area (Å²) in [7, 11) is 0. The third-order valence-electron chi connectivity index (χ3n) is 3.06. The molecule has 1 aliphatic rings. The molecule has 2 aromatic rings. The molecular weight excluding hydrogens is 182 g/mol. The van der Waals surface area contributed by atoms with Crippen molar-refractivity contribution in [2.75, 3.05) is 0 Å². The molecule has 1 aliphatic carbocycles. The Kier molecular flexibility index (Phi) is 1.69. The van der Waals surface area contributed by atoms with Gasteiger partial charge in [0.15, 0.2) is 0 Å². The smallest absolute Gasteiger partial charge is 0.0379 e. The maximum absolute atomic E-state index is 4.36. The molecule has 0 spiro atoms. The van der Waals surface area contributed by atoms with E-state index in [0.717, 1.165) is 12.1 Å². The van der Waals surface area contributed by atoms with Gasteiger partial charge >= 0.3 is 0 Å². The molecule has 74 valence electrons. The quantitative estimate of drug-likeness (QED) is 0.536. The summed E-state index contributed by atoms with van der Waals surface area (Å²) in [5.41, 5.74) is 8.01. The summed E-state index contributed by atoms with van der Waals surface area (Å²) >= 11 is 0. The SMILES string of the molecule is Cc1ccc2c(c1)Cc1cnc(C)cc1-2. The first-order valence-electron chi connectivity index (χ1n) is 5.29. The Morgan fingerprint density at radius 1 is 1.00 bits per heavy atom. The number of rotatable bonds is 0. The number of pyridine rings is 1. The molecule has 0 aliphatic heterocycles. The van der Waals surface area contributed by atoms with Crippen LogP contribution in [0.5, 0.6) is 0 Å². The second kappa shape index (κ2) is 2.93. The van der Waals surface area contributed by atoms with E-state index in [2.05, 4.69) is 36.2 Å². The van der Waals surface area contributed by atoms with Crippen LogP contribution in [0.2, 0.25) is 0 Å². The van der Waals surface area contributed by atoms with Gasteiger partial charge in [0.25, 0.3) is 0 Å². The van der Waals surface area contributed by atoms with Crippen molar-refractivity contribution in [1.82, 2.24) is 4.98 Å². The number of benzene rings is 1. The van der Waals surface area contributed by atoms with Gasteiger partial charge in [-0.15, -0.1) is 0 Å². The first-order chi connectivity index (χ1) is 7.24. The van der Waals surface area contributed by atoms with E-state index in [9.17, 15) is 0 Å². The van der Waals surface area contributed by atoms with Crippen molar-refractivity contribution in [2.45, 2.75) is 20.3 Å². The molecule has 0 bridgehead atoms. The molecule has 0 atom stereocenters. The van der Waals surface area contributed by atoms with Crippen LogP contribution >= 0.6 is 0 Å². The van der Waals surface area contributed by atoms with Gasteiger partial charge < -0.3 is 0 Å². The lowest BCUT2D eigenvalue weighted by atomic mass is 10.0. The fourth-order valence-corrected chi connectivity index (χ4v) is 2.32. The third-order valence-corrected chi connectivity index (χ3v) is 3.06. The normalized spacial score (nSPS) is 12.4. The Morgan fingerprint density at radius 3 is 2.73 bits per heavy atom. The highest BCUT2D eigenvalue weighted by molar-refractivity contribution is 5.76. The molecule has 0 saturated heterocycles. The maximum Gasteiger partial charge on any atom is 0.0379 e. The van der Waals surface area contributed by atoms with Crippen molar-refractivity contribution in [3.8, 4) is 11.1 Å². The molecule has 0 fully saturated rings. The molecule has 1 nitrogen and oxygen atoms in total. The summed E-state index contributed by atoms with van der Waals surface area (Å²) in [6.45, 7) is 4.19. The summed E-state index contributed by atoms with van der Waals surface area (Å²) in [4.78, 5) is 4.36. The molecule has 0 unspecified atom stereocenters. The van der Waals surface area contributed by atoms with E-state index in [1.54, 1.807) is 0 Å². The van der Waals surface area contributed by atoms with Crippen LogP contribution in [0.3, 0.4) is 0 Å². The van der Waals surface area contributed by atoms with Gasteiger partial charge in [-0.05, 0) is 42.2 Å². The standard InChI is InChI=1S/C14H13N/c1-9-3-4-13-11(5-9)7-12-8-15-10(2)6-14(12)13/h3-6,8H,7H2,1-2H3. The van der Waals surface area contributed by atoms with Crippen LogP contribution < -0.4 is 0 Å². The fraction of sp³-hybridized carbons (Fsp3) is 0.214. The molecule has 15 heavy (non-hydrogen) atoms. The number of nitrogens with zero attached hydrogens (tertiary/aromatic N) is 1. The van der Waals surface area contributed by atoms with Crippen LogP contribution in [-0.4, -0.2) is 4.98 Å². The maximum atomic E-state index is 4.36. The second-order valence-electron chi connectivity index (χ2n) is 4.32. The first kappa shape index (κ1) is 8.66. The lowest BCUT2D eigenvalue weighted by Crippen LogP contribution is -1.85. The number of aromatic nitrogens is 1. The number of hydrogen-bond acceptors (Lipinski definition) is 1. The van der Waals surface area contributed by atoms with Crippen molar-refractivity contribution in [1.29, 1.82) is 0 Å². The van der Waals surface area contributed by atoms with E-state index >= 15 is 0 Å². The first-order valence-corrected chi connectivity index (χ1v) is 5.29. The van der Waals surface area contributed by atoms with Gasteiger partial charge in [-0.2, -0.15) is 0 Å². The minimum atomic E-state index is 1.04. The Bertz CT molecular complexity index is 541. The lowest BCUT2D eigenvalue weighted by Gasteiger charge is -2.02. The van der Waals surface area contributed by atoms with E-state index < -0.39 is 0 Å². The molecule has 0 amide bonds. The summed E-state index contributed by atoms with van der Waals surface area (Å²) in [5.74, 6) is 0. The van der Waals surface area contributed by atoms with Gasteiger partial charge in [-0.1, -0.05) is 23.8 Å². The molecule has 1 aromatic heterocycles. The van der Waals surface area contributed by atoms with Crippen LogP contribution in [0.15, 0.2) is 30.5 Å². The van der Waals surface area contributed by atoms with E-state index in [0.29, 0.717) is 0 Å². The van der Waals surface area contributed by atoms with Crippen LogP contribution in [0.1, 0.15) is 22.4 Å². The van der Waals surface area contributed by atoms with Crippen molar-refractivity contribution >= 4 is 0 Å². The van der Waals surface area contributed by atoms with Crippen LogP contribution in [0.25, 0.3) is 11.1 Å². The fourth-order valence-electron chi connectivity index (χ4n) is 2.32. The molecule has 0 radical (unpaired) electrons. The Balaban J connectivity index is 2.26. The van der Waals surface area contributed by atoms with E-state index in [4.69, 9.17) is 0 Å². The molecule has 0 saturated carbocycles. The highest BCUT2D eigenvalue weighted by Crippen LogP contribution is 2.36. The van der Waals surface area contributed by atoms with E-state index in [1.165, 1.54) is 27.8 Å². The Hall–Kier alpha value is -1.63. The van der Waals surface area contributed by atoms with Crippen molar-refractivity contribution in [3.63, 3.8) is 0 Å². The highest BCUT2D eigenvalue weighted by atomic mass is 14.7. The van der Waals surface area contributed by atoms with Gasteiger partial charge in [0.1, 0.15) is 0 Å². The van der Waals surface area contributed by atoms with E-state index in [-0.39, 0.29) is 0 Å². The molecule has 0 N–H and O–H groups in total. The monoisotopic (exact) mass is 195 g/mol. The summed E-state index contributed by atoms with van der Waals surface area (Å²) in [6.07, 6.45) is 3.06. The summed E-state index contributed by atoms with van der Waals surface area (Å²) in [5, 5.41) is 0. The van der Waals surface area contributed by atoms with E-state index in [1.807, 2.05) is 13.1 Å². The highest BCUT2D eigenvalue weighted by Gasteiger charge is 2.18. The van der Waals surface area contributed by atoms with Crippen LogP contribution in [-0.2, 0) is 6.42 Å². The van der Waals surface area contributed by atoms with Gasteiger partial charge in [-0.3, -0.25) is 4.98 Å². The number of aryl methyl sites for hydroxylation is 2. The Morgan fingerprint density at radius 2 is 1.87 bits per heavy atom. The molecule has 3 rings (SSSR count). The third kappa shape index (κ3) is 1.27. The Labute approximate surface area is 89.8 Å². The van der Waals surface area contributed by atoms with Crippen molar-refractivity contribution in [2.24, 2.45) is 0 Å². The van der Waals surface area contributed by atoms with Crippen molar-refractivity contribution < 1.29 is 0 Å². The molecule has 1 aromatic carbocycles. The predicted molar refractivity (Wildman–Crippen MR) is 62.0 cm³/mol. The average molecular weight is 195 g/mol. The van der Waals surface area contributed by atoms with Crippen LogP contribution in [0, 0.1) is 13.8 Å². The predicted octanol–water partition coefficient (Wildman–Crippen LogP) is 3.27. The largest absolute Gasteiger partial charge is 0.261 e. The molecular formula is C14H13N.